The van der Waals surface area contributed by atoms with Crippen molar-refractivity contribution in [2.45, 2.75) is 24.8 Å². The van der Waals surface area contributed by atoms with Crippen LogP contribution in [0.2, 0.25) is 0 Å². The van der Waals surface area contributed by atoms with Crippen LogP contribution < -0.4 is 5.32 Å². The van der Waals surface area contributed by atoms with Crippen LogP contribution in [0.5, 0.6) is 0 Å². The van der Waals surface area contributed by atoms with Crippen LogP contribution in [0.15, 0.2) is 17.0 Å². The minimum atomic E-state index is -0.309. The number of hydrogen-bond acceptors (Lipinski definition) is 2. The van der Waals surface area contributed by atoms with Gasteiger partial charge in [-0.1, -0.05) is 13.8 Å². The van der Waals surface area contributed by atoms with Crippen molar-refractivity contribution in [2.24, 2.45) is 5.92 Å². The summed E-state index contributed by atoms with van der Waals surface area (Å²) in [7, 11) is 0. The van der Waals surface area contributed by atoms with Crippen LogP contribution in [0.25, 0.3) is 0 Å². The molecule has 1 aromatic rings. The van der Waals surface area contributed by atoms with Gasteiger partial charge in [0.1, 0.15) is 11.6 Å². The average molecular weight is 243 g/mol. The van der Waals surface area contributed by atoms with Crippen LogP contribution in [-0.4, -0.2) is 12.3 Å². The summed E-state index contributed by atoms with van der Waals surface area (Å²) in [6.07, 6.45) is 0. The van der Waals surface area contributed by atoms with E-state index < -0.39 is 0 Å². The molecule has 1 aliphatic rings. The Morgan fingerprint density at radius 3 is 2.75 bits per heavy atom. The first-order valence-corrected chi connectivity index (χ1v) is 6.47. The van der Waals surface area contributed by atoms with Crippen molar-refractivity contribution in [1.82, 2.24) is 5.32 Å². The first-order chi connectivity index (χ1) is 7.65. The molecule has 0 saturated heterocycles. The molecule has 16 heavy (non-hydrogen) atoms. The standard InChI is InChI=1S/C12H15F2NS/c1-3-15-11-7(2)6-16-12-9(14)5-4-8(13)10(11)12/h4-5,7,11,15H,3,6H2,1-2H3. The van der Waals surface area contributed by atoms with Crippen LogP contribution in [-0.2, 0) is 0 Å². The lowest BCUT2D eigenvalue weighted by atomic mass is 9.94. The van der Waals surface area contributed by atoms with E-state index >= 15 is 0 Å². The molecule has 1 aromatic carbocycles. The summed E-state index contributed by atoms with van der Waals surface area (Å²) in [4.78, 5) is 0.476. The number of nitrogens with one attached hydrogen (secondary N) is 1. The van der Waals surface area contributed by atoms with Crippen molar-refractivity contribution in [3.63, 3.8) is 0 Å². The second kappa shape index (κ2) is 4.72. The smallest absolute Gasteiger partial charge is 0.137 e. The van der Waals surface area contributed by atoms with Gasteiger partial charge in [0.15, 0.2) is 0 Å². The van der Waals surface area contributed by atoms with Crippen LogP contribution in [0.3, 0.4) is 0 Å². The van der Waals surface area contributed by atoms with Gasteiger partial charge >= 0.3 is 0 Å². The molecule has 0 fully saturated rings. The Morgan fingerprint density at radius 1 is 1.38 bits per heavy atom. The summed E-state index contributed by atoms with van der Waals surface area (Å²) in [6.45, 7) is 4.80. The van der Waals surface area contributed by atoms with Crippen molar-refractivity contribution in [2.75, 3.05) is 12.3 Å². The van der Waals surface area contributed by atoms with Gasteiger partial charge in [-0.3, -0.25) is 0 Å². The van der Waals surface area contributed by atoms with E-state index in [1.807, 2.05) is 6.92 Å². The van der Waals surface area contributed by atoms with Crippen molar-refractivity contribution in [3.8, 4) is 0 Å². The minimum Gasteiger partial charge on any atom is -0.310 e. The van der Waals surface area contributed by atoms with Gasteiger partial charge in [0.2, 0.25) is 0 Å². The van der Waals surface area contributed by atoms with Gasteiger partial charge in [-0.2, -0.15) is 0 Å². The maximum Gasteiger partial charge on any atom is 0.137 e. The molecule has 1 heterocycles. The molecule has 0 aliphatic carbocycles. The van der Waals surface area contributed by atoms with Crippen molar-refractivity contribution >= 4 is 11.8 Å². The Kier molecular flexibility index (Phi) is 3.50. The van der Waals surface area contributed by atoms with Crippen molar-refractivity contribution < 1.29 is 8.78 Å². The number of hydrogen-bond donors (Lipinski definition) is 1. The lowest BCUT2D eigenvalue weighted by Gasteiger charge is -2.31. The molecule has 1 nitrogen and oxygen atoms in total. The maximum atomic E-state index is 13.8. The molecule has 0 radical (unpaired) electrons. The summed E-state index contributed by atoms with van der Waals surface area (Å²) in [5, 5.41) is 3.24. The van der Waals surface area contributed by atoms with E-state index in [2.05, 4.69) is 12.2 Å². The molecule has 0 amide bonds. The molecular weight excluding hydrogens is 228 g/mol. The highest BCUT2D eigenvalue weighted by molar-refractivity contribution is 7.99. The molecule has 4 heteroatoms. The van der Waals surface area contributed by atoms with Crippen LogP contribution in [0.1, 0.15) is 25.5 Å². The highest BCUT2D eigenvalue weighted by atomic mass is 32.2. The molecular formula is C12H15F2NS. The highest BCUT2D eigenvalue weighted by Crippen LogP contribution is 2.42. The van der Waals surface area contributed by atoms with Crippen LogP contribution >= 0.6 is 11.8 Å². The highest BCUT2D eigenvalue weighted by Gasteiger charge is 2.31. The van der Waals surface area contributed by atoms with Gasteiger partial charge in [0.25, 0.3) is 0 Å². The Hall–Kier alpha value is -0.610. The third-order valence-corrected chi connectivity index (χ3v) is 4.29. The van der Waals surface area contributed by atoms with E-state index in [0.717, 1.165) is 12.3 Å². The average Bonchev–Trinajstić information content (AvgIpc) is 2.27. The number of benzene rings is 1. The first kappa shape index (κ1) is 11.9. The zero-order chi connectivity index (χ0) is 11.7. The molecule has 2 rings (SSSR count). The second-order valence-electron chi connectivity index (χ2n) is 4.10. The molecule has 2 unspecified atom stereocenters. The quantitative estimate of drug-likeness (QED) is 0.854. The Balaban J connectivity index is 2.49. The van der Waals surface area contributed by atoms with Gasteiger partial charge in [-0.25, -0.2) is 8.78 Å². The summed E-state index contributed by atoms with van der Waals surface area (Å²) in [5.74, 6) is 0.525. The first-order valence-electron chi connectivity index (χ1n) is 5.49. The van der Waals surface area contributed by atoms with E-state index in [-0.39, 0.29) is 17.7 Å². The molecule has 2 atom stereocenters. The van der Waals surface area contributed by atoms with E-state index in [4.69, 9.17) is 0 Å². The fourth-order valence-corrected chi connectivity index (χ4v) is 3.31. The fraction of sp³-hybridized carbons (Fsp3) is 0.500. The van der Waals surface area contributed by atoms with Crippen LogP contribution in [0.4, 0.5) is 8.78 Å². The van der Waals surface area contributed by atoms with Crippen molar-refractivity contribution in [1.29, 1.82) is 0 Å². The van der Waals surface area contributed by atoms with E-state index in [1.54, 1.807) is 0 Å². The molecule has 0 aromatic heterocycles. The zero-order valence-electron chi connectivity index (χ0n) is 9.39. The lowest BCUT2D eigenvalue weighted by Crippen LogP contribution is -2.32. The zero-order valence-corrected chi connectivity index (χ0v) is 10.2. The normalized spacial score (nSPS) is 24.2. The number of fused-ring (bicyclic) bond motifs is 1. The van der Waals surface area contributed by atoms with Gasteiger partial charge < -0.3 is 5.32 Å². The summed E-state index contributed by atoms with van der Waals surface area (Å²) in [5.41, 5.74) is 0.505. The van der Waals surface area contributed by atoms with Gasteiger partial charge in [-0.05, 0) is 24.6 Å². The third kappa shape index (κ3) is 1.96. The van der Waals surface area contributed by atoms with E-state index in [1.165, 1.54) is 23.9 Å². The lowest BCUT2D eigenvalue weighted by molar-refractivity contribution is 0.391. The number of rotatable bonds is 2. The van der Waals surface area contributed by atoms with Gasteiger partial charge in [0.05, 0.1) is 4.90 Å². The van der Waals surface area contributed by atoms with Crippen molar-refractivity contribution in [3.05, 3.63) is 29.3 Å². The molecule has 0 spiro atoms. The Bertz CT molecular complexity index is 395. The van der Waals surface area contributed by atoms with Gasteiger partial charge in [0, 0.05) is 17.4 Å². The second-order valence-corrected chi connectivity index (χ2v) is 5.13. The Morgan fingerprint density at radius 2 is 2.06 bits per heavy atom. The molecule has 0 bridgehead atoms. The minimum absolute atomic E-state index is 0.0723. The number of halogens is 2. The Labute approximate surface area is 98.6 Å². The predicted octanol–water partition coefficient (Wildman–Crippen LogP) is 3.36. The third-order valence-electron chi connectivity index (χ3n) is 2.89. The maximum absolute atomic E-state index is 13.8. The molecule has 1 aliphatic heterocycles. The topological polar surface area (TPSA) is 12.0 Å². The van der Waals surface area contributed by atoms with Gasteiger partial charge in [-0.15, -0.1) is 11.8 Å². The predicted molar refractivity (Wildman–Crippen MR) is 62.7 cm³/mol. The molecule has 0 saturated carbocycles. The molecule has 1 N–H and O–H groups in total. The summed E-state index contributed by atoms with van der Waals surface area (Å²) in [6, 6.07) is 2.36. The monoisotopic (exact) mass is 243 g/mol. The molecule has 88 valence electrons. The largest absolute Gasteiger partial charge is 0.310 e. The summed E-state index contributed by atoms with van der Waals surface area (Å²) < 4.78 is 27.4. The SMILES string of the molecule is CCNC1c2c(F)ccc(F)c2SCC1C. The summed E-state index contributed by atoms with van der Waals surface area (Å²) >= 11 is 1.41. The number of thioether (sulfide) groups is 1. The van der Waals surface area contributed by atoms with E-state index in [9.17, 15) is 8.78 Å². The van der Waals surface area contributed by atoms with E-state index in [0.29, 0.717) is 16.4 Å². The van der Waals surface area contributed by atoms with Crippen LogP contribution in [0, 0.1) is 17.6 Å². The fourth-order valence-electron chi connectivity index (χ4n) is 2.10.